The number of carbonyl (C=O) groups is 1. The van der Waals surface area contributed by atoms with Crippen molar-refractivity contribution < 1.29 is 4.79 Å². The van der Waals surface area contributed by atoms with Gasteiger partial charge in [0.15, 0.2) is 0 Å². The fraction of sp³-hybridized carbons (Fsp3) is 0.417. The molecular formula is C12H15N3O. The molecule has 1 aromatic rings. The largest absolute Gasteiger partial charge is 0.338 e. The summed E-state index contributed by atoms with van der Waals surface area (Å²) in [5.74, 6) is 0.560. The molecule has 4 nitrogen and oxygen atoms in total. The summed E-state index contributed by atoms with van der Waals surface area (Å²) in [6, 6.07) is 9.57. The van der Waals surface area contributed by atoms with Crippen LogP contribution in [0.15, 0.2) is 30.3 Å². The number of nitrogens with one attached hydrogen (secondary N) is 2. The van der Waals surface area contributed by atoms with Crippen molar-refractivity contribution in [1.82, 2.24) is 10.7 Å². The Kier molecular flexibility index (Phi) is 1.94. The van der Waals surface area contributed by atoms with E-state index in [2.05, 4.69) is 10.7 Å². The van der Waals surface area contributed by atoms with Gasteiger partial charge in [-0.1, -0.05) is 18.2 Å². The molecule has 0 bridgehead atoms. The molecule has 0 spiro atoms. The lowest BCUT2D eigenvalue weighted by molar-refractivity contribution is 0.245. The Labute approximate surface area is 94.6 Å². The second-order valence-electron chi connectivity index (χ2n) is 4.69. The van der Waals surface area contributed by atoms with Crippen LogP contribution in [0.3, 0.4) is 0 Å². The van der Waals surface area contributed by atoms with E-state index in [1.807, 2.05) is 37.3 Å². The lowest BCUT2D eigenvalue weighted by atomic mass is 10.1. The van der Waals surface area contributed by atoms with Crippen LogP contribution >= 0.6 is 0 Å². The van der Waals surface area contributed by atoms with E-state index in [0.29, 0.717) is 5.92 Å². The zero-order chi connectivity index (χ0) is 11.2. The molecule has 2 N–H and O–H groups in total. The summed E-state index contributed by atoms with van der Waals surface area (Å²) in [6.07, 6.45) is 2.37. The molecule has 1 aliphatic carbocycles. The second-order valence-corrected chi connectivity index (χ2v) is 4.69. The average Bonchev–Trinajstić information content (AvgIpc) is 3.08. The van der Waals surface area contributed by atoms with Gasteiger partial charge < -0.3 is 5.32 Å². The minimum Gasteiger partial charge on any atom is -0.317 e. The molecule has 1 saturated carbocycles. The first-order chi connectivity index (χ1) is 7.69. The Hall–Kier alpha value is -1.55. The van der Waals surface area contributed by atoms with Crippen LogP contribution in [0.1, 0.15) is 19.8 Å². The second kappa shape index (κ2) is 3.22. The maximum absolute atomic E-state index is 11.9. The number of benzene rings is 1. The van der Waals surface area contributed by atoms with E-state index in [4.69, 9.17) is 0 Å². The van der Waals surface area contributed by atoms with Crippen molar-refractivity contribution in [3.8, 4) is 0 Å². The summed E-state index contributed by atoms with van der Waals surface area (Å²) in [5.41, 5.74) is 3.88. The van der Waals surface area contributed by atoms with Gasteiger partial charge in [-0.3, -0.25) is 0 Å². The van der Waals surface area contributed by atoms with Gasteiger partial charge in [0.25, 0.3) is 0 Å². The van der Waals surface area contributed by atoms with E-state index in [0.717, 1.165) is 5.69 Å². The van der Waals surface area contributed by atoms with Crippen LogP contribution in [0.2, 0.25) is 0 Å². The van der Waals surface area contributed by atoms with Gasteiger partial charge in [-0.25, -0.2) is 15.2 Å². The average molecular weight is 217 g/mol. The first-order valence-corrected chi connectivity index (χ1v) is 5.64. The smallest absolute Gasteiger partial charge is 0.317 e. The van der Waals surface area contributed by atoms with Crippen LogP contribution in [0.25, 0.3) is 0 Å². The Balaban J connectivity index is 1.85. The first kappa shape index (κ1) is 9.66. The molecule has 0 aromatic heterocycles. The van der Waals surface area contributed by atoms with E-state index in [-0.39, 0.29) is 11.7 Å². The van der Waals surface area contributed by atoms with Crippen LogP contribution in [-0.4, -0.2) is 11.7 Å². The van der Waals surface area contributed by atoms with Gasteiger partial charge >= 0.3 is 6.03 Å². The van der Waals surface area contributed by atoms with Crippen molar-refractivity contribution in [2.45, 2.75) is 25.4 Å². The van der Waals surface area contributed by atoms with E-state index in [9.17, 15) is 4.79 Å². The predicted molar refractivity (Wildman–Crippen MR) is 61.7 cm³/mol. The Morgan fingerprint density at radius 2 is 2.00 bits per heavy atom. The lowest BCUT2D eigenvalue weighted by Crippen LogP contribution is -2.50. The zero-order valence-corrected chi connectivity index (χ0v) is 9.23. The van der Waals surface area contributed by atoms with Crippen molar-refractivity contribution in [2.75, 3.05) is 5.01 Å². The highest BCUT2D eigenvalue weighted by Gasteiger charge is 2.49. The number of amides is 2. The number of urea groups is 1. The van der Waals surface area contributed by atoms with E-state index >= 15 is 0 Å². The number of hydrogen-bond donors (Lipinski definition) is 2. The normalized spacial score (nSPS) is 29.3. The molecule has 1 aromatic carbocycles. The predicted octanol–water partition coefficient (Wildman–Crippen LogP) is 1.85. The van der Waals surface area contributed by atoms with E-state index in [1.165, 1.54) is 12.8 Å². The molecule has 2 fully saturated rings. The summed E-state index contributed by atoms with van der Waals surface area (Å²) in [4.78, 5) is 11.9. The third-order valence-electron chi connectivity index (χ3n) is 3.32. The van der Waals surface area contributed by atoms with Crippen molar-refractivity contribution >= 4 is 11.7 Å². The lowest BCUT2D eigenvalue weighted by Gasteiger charge is -2.24. The minimum atomic E-state index is -0.271. The maximum Gasteiger partial charge on any atom is 0.338 e. The molecule has 1 saturated heterocycles. The minimum absolute atomic E-state index is 0.0689. The molecule has 1 atom stereocenters. The van der Waals surface area contributed by atoms with Gasteiger partial charge in [-0.15, -0.1) is 0 Å². The Bertz CT molecular complexity index is 416. The summed E-state index contributed by atoms with van der Waals surface area (Å²) in [5, 5.41) is 4.61. The molecule has 2 aliphatic rings. The number of para-hydroxylation sites is 1. The quantitative estimate of drug-likeness (QED) is 0.794. The Morgan fingerprint density at radius 1 is 1.31 bits per heavy atom. The Morgan fingerprint density at radius 3 is 2.62 bits per heavy atom. The van der Waals surface area contributed by atoms with E-state index in [1.54, 1.807) is 5.01 Å². The summed E-state index contributed by atoms with van der Waals surface area (Å²) < 4.78 is 0. The molecule has 3 rings (SSSR count). The van der Waals surface area contributed by atoms with Crippen molar-refractivity contribution in [3.05, 3.63) is 30.3 Å². The molecule has 1 aliphatic heterocycles. The maximum atomic E-state index is 11.9. The summed E-state index contributed by atoms with van der Waals surface area (Å²) in [6.45, 7) is 2.05. The number of anilines is 1. The van der Waals surface area contributed by atoms with Crippen LogP contribution < -0.4 is 15.8 Å². The molecule has 84 valence electrons. The molecule has 0 radical (unpaired) electrons. The number of rotatable bonds is 2. The van der Waals surface area contributed by atoms with Gasteiger partial charge in [0.2, 0.25) is 0 Å². The monoisotopic (exact) mass is 217 g/mol. The molecule has 4 heteroatoms. The molecule has 16 heavy (non-hydrogen) atoms. The number of nitrogens with zero attached hydrogens (tertiary/aromatic N) is 1. The SMILES string of the molecule is CC1(C2CC2)NC(=O)N(c2ccccc2)N1. The van der Waals surface area contributed by atoms with Crippen LogP contribution in [0, 0.1) is 5.92 Å². The van der Waals surface area contributed by atoms with Gasteiger partial charge in [-0.2, -0.15) is 0 Å². The molecule has 2 amide bonds. The summed E-state index contributed by atoms with van der Waals surface area (Å²) in [7, 11) is 0. The standard InChI is InChI=1S/C12H15N3O/c1-12(9-7-8-9)13-11(16)15(14-12)10-5-3-2-4-6-10/h2-6,9,14H,7-8H2,1H3,(H,13,16). The van der Waals surface area contributed by atoms with Gasteiger partial charge in [-0.05, 0) is 37.8 Å². The van der Waals surface area contributed by atoms with Crippen LogP contribution in [0.5, 0.6) is 0 Å². The van der Waals surface area contributed by atoms with Gasteiger partial charge in [0.05, 0.1) is 5.69 Å². The number of hydrogen-bond acceptors (Lipinski definition) is 2. The molecular weight excluding hydrogens is 202 g/mol. The number of hydrazine groups is 1. The highest BCUT2D eigenvalue weighted by Crippen LogP contribution is 2.40. The van der Waals surface area contributed by atoms with E-state index < -0.39 is 0 Å². The van der Waals surface area contributed by atoms with Crippen molar-refractivity contribution in [1.29, 1.82) is 0 Å². The fourth-order valence-corrected chi connectivity index (χ4v) is 2.20. The topological polar surface area (TPSA) is 44.4 Å². The van der Waals surface area contributed by atoms with Gasteiger partial charge in [0, 0.05) is 0 Å². The highest BCUT2D eigenvalue weighted by molar-refractivity contribution is 5.93. The highest BCUT2D eigenvalue weighted by atomic mass is 16.2. The zero-order valence-electron chi connectivity index (χ0n) is 9.23. The molecule has 1 unspecified atom stereocenters. The first-order valence-electron chi connectivity index (χ1n) is 5.64. The van der Waals surface area contributed by atoms with Crippen LogP contribution in [0.4, 0.5) is 10.5 Å². The third kappa shape index (κ3) is 1.46. The fourth-order valence-electron chi connectivity index (χ4n) is 2.20. The van der Waals surface area contributed by atoms with Gasteiger partial charge in [0.1, 0.15) is 5.66 Å². The number of carbonyl (C=O) groups excluding carboxylic acids is 1. The molecule has 1 heterocycles. The van der Waals surface area contributed by atoms with Crippen molar-refractivity contribution in [3.63, 3.8) is 0 Å². The van der Waals surface area contributed by atoms with Crippen LogP contribution in [-0.2, 0) is 0 Å². The third-order valence-corrected chi connectivity index (χ3v) is 3.32. The van der Waals surface area contributed by atoms with Crippen molar-refractivity contribution in [2.24, 2.45) is 5.92 Å². The summed E-state index contributed by atoms with van der Waals surface area (Å²) >= 11 is 0.